The van der Waals surface area contributed by atoms with Crippen molar-refractivity contribution >= 4 is 11.8 Å². The van der Waals surface area contributed by atoms with E-state index in [1.54, 1.807) is 6.92 Å². The van der Waals surface area contributed by atoms with Crippen molar-refractivity contribution in [2.75, 3.05) is 13.1 Å². The molecule has 0 aliphatic carbocycles. The van der Waals surface area contributed by atoms with Crippen LogP contribution in [0.15, 0.2) is 6.33 Å². The first-order valence-corrected chi connectivity index (χ1v) is 5.48. The number of carbonyl (C=O) groups is 2. The zero-order valence-electron chi connectivity index (χ0n) is 10.2. The van der Waals surface area contributed by atoms with Crippen molar-refractivity contribution in [3.63, 3.8) is 0 Å². The van der Waals surface area contributed by atoms with Gasteiger partial charge in [-0.05, 0) is 20.8 Å². The van der Waals surface area contributed by atoms with Gasteiger partial charge in [-0.15, -0.1) is 0 Å². The molecule has 7 heteroatoms. The van der Waals surface area contributed by atoms with E-state index in [1.165, 1.54) is 11.2 Å². The van der Waals surface area contributed by atoms with E-state index in [-0.39, 0.29) is 30.2 Å². The summed E-state index contributed by atoms with van der Waals surface area (Å²) in [7, 11) is 0. The van der Waals surface area contributed by atoms with Crippen molar-refractivity contribution in [1.82, 2.24) is 25.4 Å². The third-order valence-electron chi connectivity index (χ3n) is 2.07. The van der Waals surface area contributed by atoms with Crippen molar-refractivity contribution < 1.29 is 9.59 Å². The second-order valence-corrected chi connectivity index (χ2v) is 3.88. The molecule has 0 unspecified atom stereocenters. The molecule has 0 spiro atoms. The highest BCUT2D eigenvalue weighted by Crippen LogP contribution is 1.97. The summed E-state index contributed by atoms with van der Waals surface area (Å²) in [5, 5.41) is 8.81. The molecule has 0 aliphatic heterocycles. The number of aromatic nitrogens is 3. The lowest BCUT2D eigenvalue weighted by Gasteiger charge is -2.19. The highest BCUT2D eigenvalue weighted by atomic mass is 16.2. The maximum atomic E-state index is 11.9. The molecule has 2 amide bonds. The lowest BCUT2D eigenvalue weighted by molar-refractivity contribution is -0.122. The van der Waals surface area contributed by atoms with E-state index in [2.05, 4.69) is 20.5 Å². The Kier molecular flexibility index (Phi) is 4.62. The Morgan fingerprint density at radius 2 is 2.24 bits per heavy atom. The SMILES string of the molecule is CCN(CC(=O)NC(C)C)C(=O)c1ncn[nH]1. The maximum absolute atomic E-state index is 11.9. The molecule has 1 aromatic rings. The molecular formula is C10H17N5O2. The van der Waals surface area contributed by atoms with Crippen LogP contribution < -0.4 is 5.32 Å². The van der Waals surface area contributed by atoms with Crippen LogP contribution in [0.5, 0.6) is 0 Å². The standard InChI is InChI=1S/C10H17N5O2/c1-4-15(5-8(16)13-7(2)3)10(17)9-11-6-12-14-9/h6-7H,4-5H2,1-3H3,(H,13,16)(H,11,12,14). The van der Waals surface area contributed by atoms with E-state index in [9.17, 15) is 9.59 Å². The maximum Gasteiger partial charge on any atom is 0.291 e. The van der Waals surface area contributed by atoms with Crippen LogP contribution in [0, 0.1) is 0 Å². The van der Waals surface area contributed by atoms with E-state index in [0.717, 1.165) is 0 Å². The van der Waals surface area contributed by atoms with Crippen LogP contribution in [0.2, 0.25) is 0 Å². The predicted molar refractivity (Wildman–Crippen MR) is 61.2 cm³/mol. The molecule has 0 radical (unpaired) electrons. The Bertz CT molecular complexity index is 374. The second kappa shape index (κ2) is 5.97. The first kappa shape index (κ1) is 13.1. The smallest absolute Gasteiger partial charge is 0.291 e. The molecule has 0 aromatic carbocycles. The number of hydrogen-bond acceptors (Lipinski definition) is 4. The summed E-state index contributed by atoms with van der Waals surface area (Å²) in [5.41, 5.74) is 0. The summed E-state index contributed by atoms with van der Waals surface area (Å²) >= 11 is 0. The molecule has 0 aliphatic rings. The number of nitrogens with one attached hydrogen (secondary N) is 2. The largest absolute Gasteiger partial charge is 0.352 e. The van der Waals surface area contributed by atoms with E-state index in [4.69, 9.17) is 0 Å². The topological polar surface area (TPSA) is 91.0 Å². The fraction of sp³-hybridized carbons (Fsp3) is 0.600. The minimum Gasteiger partial charge on any atom is -0.352 e. The van der Waals surface area contributed by atoms with Crippen molar-refractivity contribution in [2.45, 2.75) is 26.8 Å². The fourth-order valence-corrected chi connectivity index (χ4v) is 1.33. The number of likely N-dealkylation sites (N-methyl/N-ethyl adjacent to an activating group) is 1. The second-order valence-electron chi connectivity index (χ2n) is 3.88. The molecule has 0 saturated carbocycles. The minimum atomic E-state index is -0.330. The van der Waals surface area contributed by atoms with Crippen LogP contribution in [-0.2, 0) is 4.79 Å². The Hall–Kier alpha value is -1.92. The molecular weight excluding hydrogens is 222 g/mol. The average Bonchev–Trinajstić information content (AvgIpc) is 2.77. The molecule has 0 fully saturated rings. The zero-order chi connectivity index (χ0) is 12.8. The molecule has 94 valence electrons. The van der Waals surface area contributed by atoms with Crippen molar-refractivity contribution in [1.29, 1.82) is 0 Å². The molecule has 1 heterocycles. The Morgan fingerprint density at radius 1 is 1.53 bits per heavy atom. The normalized spacial score (nSPS) is 10.4. The first-order valence-electron chi connectivity index (χ1n) is 5.48. The molecule has 1 aromatic heterocycles. The van der Waals surface area contributed by atoms with Gasteiger partial charge < -0.3 is 10.2 Å². The van der Waals surface area contributed by atoms with Crippen molar-refractivity contribution in [3.8, 4) is 0 Å². The van der Waals surface area contributed by atoms with Crippen LogP contribution in [-0.4, -0.2) is 51.0 Å². The van der Waals surface area contributed by atoms with E-state index in [0.29, 0.717) is 6.54 Å². The summed E-state index contributed by atoms with van der Waals surface area (Å²) in [5.74, 6) is -0.372. The van der Waals surface area contributed by atoms with Gasteiger partial charge in [-0.3, -0.25) is 14.7 Å². The van der Waals surface area contributed by atoms with E-state index >= 15 is 0 Å². The summed E-state index contributed by atoms with van der Waals surface area (Å²) in [4.78, 5) is 28.6. The fourth-order valence-electron chi connectivity index (χ4n) is 1.33. The number of H-pyrrole nitrogens is 1. The van der Waals surface area contributed by atoms with Crippen molar-refractivity contribution in [3.05, 3.63) is 12.2 Å². The Labute approximate surface area is 99.6 Å². The molecule has 7 nitrogen and oxygen atoms in total. The lowest BCUT2D eigenvalue weighted by atomic mass is 10.3. The van der Waals surface area contributed by atoms with Gasteiger partial charge in [-0.2, -0.15) is 5.10 Å². The van der Waals surface area contributed by atoms with Crippen LogP contribution in [0.25, 0.3) is 0 Å². The van der Waals surface area contributed by atoms with Crippen LogP contribution in [0.4, 0.5) is 0 Å². The van der Waals surface area contributed by atoms with Gasteiger partial charge in [0.15, 0.2) is 0 Å². The van der Waals surface area contributed by atoms with Gasteiger partial charge in [-0.1, -0.05) is 0 Å². The third kappa shape index (κ3) is 3.86. The summed E-state index contributed by atoms with van der Waals surface area (Å²) in [6.07, 6.45) is 1.26. The minimum absolute atomic E-state index is 0.0220. The van der Waals surface area contributed by atoms with Gasteiger partial charge in [-0.25, -0.2) is 4.98 Å². The van der Waals surface area contributed by atoms with Gasteiger partial charge >= 0.3 is 0 Å². The van der Waals surface area contributed by atoms with Gasteiger partial charge in [0, 0.05) is 12.6 Å². The number of rotatable bonds is 5. The number of nitrogens with zero attached hydrogens (tertiary/aromatic N) is 3. The quantitative estimate of drug-likeness (QED) is 0.744. The van der Waals surface area contributed by atoms with Crippen molar-refractivity contribution in [2.24, 2.45) is 0 Å². The first-order chi connectivity index (χ1) is 8.04. The van der Waals surface area contributed by atoms with Gasteiger partial charge in [0.05, 0.1) is 6.54 Å². The molecule has 1 rings (SSSR count). The van der Waals surface area contributed by atoms with Gasteiger partial charge in [0.1, 0.15) is 6.33 Å². The average molecular weight is 239 g/mol. The van der Waals surface area contributed by atoms with Crippen LogP contribution >= 0.6 is 0 Å². The van der Waals surface area contributed by atoms with Crippen LogP contribution in [0.1, 0.15) is 31.4 Å². The molecule has 0 atom stereocenters. The number of amides is 2. The number of aromatic amines is 1. The van der Waals surface area contributed by atoms with Crippen LogP contribution in [0.3, 0.4) is 0 Å². The van der Waals surface area contributed by atoms with Gasteiger partial charge in [0.2, 0.25) is 11.7 Å². The van der Waals surface area contributed by atoms with E-state index in [1.807, 2.05) is 13.8 Å². The Morgan fingerprint density at radius 3 is 2.71 bits per heavy atom. The molecule has 0 bridgehead atoms. The summed E-state index contributed by atoms with van der Waals surface area (Å²) in [6, 6.07) is 0.0570. The summed E-state index contributed by atoms with van der Waals surface area (Å²) < 4.78 is 0. The number of carbonyl (C=O) groups excluding carboxylic acids is 2. The monoisotopic (exact) mass is 239 g/mol. The third-order valence-corrected chi connectivity index (χ3v) is 2.07. The number of hydrogen-bond donors (Lipinski definition) is 2. The zero-order valence-corrected chi connectivity index (χ0v) is 10.2. The Balaban J connectivity index is 2.60. The van der Waals surface area contributed by atoms with Gasteiger partial charge in [0.25, 0.3) is 5.91 Å². The summed E-state index contributed by atoms with van der Waals surface area (Å²) in [6.45, 7) is 6.00. The lowest BCUT2D eigenvalue weighted by Crippen LogP contribution is -2.42. The molecule has 17 heavy (non-hydrogen) atoms. The predicted octanol–water partition coefficient (Wildman–Crippen LogP) is -0.209. The highest BCUT2D eigenvalue weighted by molar-refractivity contribution is 5.93. The highest BCUT2D eigenvalue weighted by Gasteiger charge is 2.19. The molecule has 2 N–H and O–H groups in total. The molecule has 0 saturated heterocycles. The van der Waals surface area contributed by atoms with E-state index < -0.39 is 0 Å².